The molecule has 0 saturated heterocycles. The molecule has 2 unspecified atom stereocenters. The van der Waals surface area contributed by atoms with Gasteiger partial charge in [-0.25, -0.2) is 8.78 Å². The van der Waals surface area contributed by atoms with Crippen LogP contribution in [0.2, 0.25) is 0 Å². The SMILES string of the molecule is OC1CCCC1CCOc1c(F)c(F)cc(F)c1F. The van der Waals surface area contributed by atoms with E-state index in [1.54, 1.807) is 0 Å². The molecule has 6 heteroatoms. The van der Waals surface area contributed by atoms with Crippen molar-refractivity contribution in [1.29, 1.82) is 0 Å². The maximum atomic E-state index is 13.3. The summed E-state index contributed by atoms with van der Waals surface area (Å²) in [6.45, 7) is -0.0987. The fourth-order valence-corrected chi connectivity index (χ4v) is 2.34. The average Bonchev–Trinajstić information content (AvgIpc) is 2.77. The lowest BCUT2D eigenvalue weighted by atomic mass is 10.0. The summed E-state index contributed by atoms with van der Waals surface area (Å²) in [6.07, 6.45) is 2.35. The molecule has 0 aromatic heterocycles. The van der Waals surface area contributed by atoms with E-state index in [0.29, 0.717) is 12.8 Å². The number of hydrogen-bond acceptors (Lipinski definition) is 2. The summed E-state index contributed by atoms with van der Waals surface area (Å²) in [7, 11) is 0. The highest BCUT2D eigenvalue weighted by Crippen LogP contribution is 2.30. The predicted molar refractivity (Wildman–Crippen MR) is 59.7 cm³/mol. The number of aliphatic hydroxyl groups is 1. The number of halogens is 4. The van der Waals surface area contributed by atoms with Gasteiger partial charge >= 0.3 is 0 Å². The quantitative estimate of drug-likeness (QED) is 0.677. The van der Waals surface area contributed by atoms with Gasteiger partial charge in [0, 0.05) is 6.07 Å². The van der Waals surface area contributed by atoms with Crippen LogP contribution in [-0.4, -0.2) is 17.8 Å². The van der Waals surface area contributed by atoms with Crippen LogP contribution in [0.3, 0.4) is 0 Å². The van der Waals surface area contributed by atoms with Gasteiger partial charge in [0.15, 0.2) is 17.4 Å². The van der Waals surface area contributed by atoms with Crippen LogP contribution < -0.4 is 4.74 Å². The topological polar surface area (TPSA) is 29.5 Å². The Morgan fingerprint density at radius 2 is 1.74 bits per heavy atom. The highest BCUT2D eigenvalue weighted by molar-refractivity contribution is 5.28. The van der Waals surface area contributed by atoms with E-state index in [0.717, 1.165) is 12.8 Å². The van der Waals surface area contributed by atoms with Crippen molar-refractivity contribution in [2.24, 2.45) is 5.92 Å². The Labute approximate surface area is 108 Å². The summed E-state index contributed by atoms with van der Waals surface area (Å²) in [5, 5.41) is 9.56. The molecule has 0 aliphatic heterocycles. The summed E-state index contributed by atoms with van der Waals surface area (Å²) in [4.78, 5) is 0. The van der Waals surface area contributed by atoms with Crippen molar-refractivity contribution in [3.05, 3.63) is 29.3 Å². The summed E-state index contributed by atoms with van der Waals surface area (Å²) in [6, 6.07) is 0.137. The van der Waals surface area contributed by atoms with Crippen LogP contribution in [0.5, 0.6) is 5.75 Å². The van der Waals surface area contributed by atoms with Gasteiger partial charge in [-0.05, 0) is 25.2 Å². The van der Waals surface area contributed by atoms with Crippen LogP contribution in [0, 0.1) is 29.2 Å². The van der Waals surface area contributed by atoms with Crippen molar-refractivity contribution in [3.8, 4) is 5.75 Å². The lowest BCUT2D eigenvalue weighted by Crippen LogP contribution is -2.16. The third-order valence-electron chi connectivity index (χ3n) is 3.43. The lowest BCUT2D eigenvalue weighted by molar-refractivity contribution is 0.115. The third kappa shape index (κ3) is 3.00. The molecule has 0 spiro atoms. The number of benzene rings is 1. The Morgan fingerprint density at radius 3 is 2.26 bits per heavy atom. The molecule has 2 atom stereocenters. The first-order valence-electron chi connectivity index (χ1n) is 6.14. The minimum Gasteiger partial charge on any atom is -0.487 e. The summed E-state index contributed by atoms with van der Waals surface area (Å²) >= 11 is 0. The second kappa shape index (κ2) is 5.77. The lowest BCUT2D eigenvalue weighted by Gasteiger charge is -2.15. The molecule has 2 nitrogen and oxygen atoms in total. The van der Waals surface area contributed by atoms with Crippen molar-refractivity contribution < 1.29 is 27.4 Å². The third-order valence-corrected chi connectivity index (χ3v) is 3.43. The van der Waals surface area contributed by atoms with E-state index in [1.807, 2.05) is 0 Å². The van der Waals surface area contributed by atoms with Gasteiger partial charge in [0.1, 0.15) is 0 Å². The van der Waals surface area contributed by atoms with E-state index in [2.05, 4.69) is 0 Å². The van der Waals surface area contributed by atoms with Crippen molar-refractivity contribution >= 4 is 0 Å². The van der Waals surface area contributed by atoms with E-state index >= 15 is 0 Å². The van der Waals surface area contributed by atoms with Crippen molar-refractivity contribution in [2.45, 2.75) is 31.8 Å². The minimum absolute atomic E-state index is 0.00419. The first-order valence-corrected chi connectivity index (χ1v) is 6.14. The Bertz CT molecular complexity index is 438. The van der Waals surface area contributed by atoms with Crippen LogP contribution >= 0.6 is 0 Å². The van der Waals surface area contributed by atoms with Crippen LogP contribution in [-0.2, 0) is 0 Å². The summed E-state index contributed by atoms with van der Waals surface area (Å²) in [5.41, 5.74) is 0. The summed E-state index contributed by atoms with van der Waals surface area (Å²) < 4.78 is 57.1. The Morgan fingerprint density at radius 1 is 1.11 bits per heavy atom. The molecular weight excluding hydrogens is 264 g/mol. The maximum Gasteiger partial charge on any atom is 0.203 e. The molecule has 1 aliphatic rings. The number of ether oxygens (including phenoxy) is 1. The zero-order valence-corrected chi connectivity index (χ0v) is 10.1. The zero-order chi connectivity index (χ0) is 14.0. The minimum atomic E-state index is -1.54. The number of aliphatic hydroxyl groups excluding tert-OH is 1. The van der Waals surface area contributed by atoms with Gasteiger partial charge < -0.3 is 9.84 Å². The van der Waals surface area contributed by atoms with Crippen LogP contribution in [0.4, 0.5) is 17.6 Å². The number of rotatable bonds is 4. The van der Waals surface area contributed by atoms with Crippen LogP contribution in [0.1, 0.15) is 25.7 Å². The highest BCUT2D eigenvalue weighted by Gasteiger charge is 2.26. The molecule has 1 N–H and O–H groups in total. The molecule has 106 valence electrons. The molecule has 1 aromatic carbocycles. The monoisotopic (exact) mass is 278 g/mol. The molecule has 1 aromatic rings. The largest absolute Gasteiger partial charge is 0.487 e. The molecule has 0 amide bonds. The number of hydrogen-bond donors (Lipinski definition) is 1. The molecule has 19 heavy (non-hydrogen) atoms. The maximum absolute atomic E-state index is 13.3. The van der Waals surface area contributed by atoms with Gasteiger partial charge in [0.25, 0.3) is 0 Å². The fourth-order valence-electron chi connectivity index (χ4n) is 2.34. The average molecular weight is 278 g/mol. The van der Waals surface area contributed by atoms with Gasteiger partial charge in [0.2, 0.25) is 11.6 Å². The van der Waals surface area contributed by atoms with Gasteiger partial charge in [-0.15, -0.1) is 0 Å². The smallest absolute Gasteiger partial charge is 0.203 e. The fraction of sp³-hybridized carbons (Fsp3) is 0.538. The molecule has 1 saturated carbocycles. The van der Waals surface area contributed by atoms with Crippen LogP contribution in [0.15, 0.2) is 6.07 Å². The van der Waals surface area contributed by atoms with Gasteiger partial charge in [-0.2, -0.15) is 8.78 Å². The molecule has 1 aliphatic carbocycles. The van der Waals surface area contributed by atoms with E-state index in [4.69, 9.17) is 4.74 Å². The second-order valence-electron chi connectivity index (χ2n) is 4.69. The molecule has 0 heterocycles. The van der Waals surface area contributed by atoms with Crippen molar-refractivity contribution in [1.82, 2.24) is 0 Å². The van der Waals surface area contributed by atoms with Crippen LogP contribution in [0.25, 0.3) is 0 Å². The molecule has 1 fully saturated rings. The predicted octanol–water partition coefficient (Wildman–Crippen LogP) is 3.17. The molecule has 0 radical (unpaired) electrons. The normalized spacial score (nSPS) is 22.8. The van der Waals surface area contributed by atoms with E-state index in [1.165, 1.54) is 0 Å². The summed E-state index contributed by atoms with van der Waals surface area (Å²) in [5.74, 6) is -7.09. The van der Waals surface area contributed by atoms with Gasteiger partial charge in [0.05, 0.1) is 12.7 Å². The van der Waals surface area contributed by atoms with Gasteiger partial charge in [-0.3, -0.25) is 0 Å². The van der Waals surface area contributed by atoms with Crippen molar-refractivity contribution in [2.75, 3.05) is 6.61 Å². The first-order chi connectivity index (χ1) is 9.00. The Kier molecular flexibility index (Phi) is 4.29. The Hall–Kier alpha value is -1.30. The molecule has 0 bridgehead atoms. The molecular formula is C13H14F4O2. The highest BCUT2D eigenvalue weighted by atomic mass is 19.2. The van der Waals surface area contributed by atoms with Gasteiger partial charge in [-0.1, -0.05) is 6.42 Å². The van der Waals surface area contributed by atoms with E-state index in [9.17, 15) is 22.7 Å². The standard InChI is InChI=1S/C13H14F4O2/c14-8-6-9(15)12(17)13(11(8)16)19-5-4-7-2-1-3-10(7)18/h6-7,10,18H,1-5H2. The van der Waals surface area contributed by atoms with Crippen molar-refractivity contribution in [3.63, 3.8) is 0 Å². The van der Waals surface area contributed by atoms with E-state index in [-0.39, 0.29) is 18.6 Å². The van der Waals surface area contributed by atoms with E-state index < -0.39 is 35.1 Å². The molecule has 2 rings (SSSR count). The second-order valence-corrected chi connectivity index (χ2v) is 4.69. The Balaban J connectivity index is 1.99. The first kappa shape index (κ1) is 14.1. The zero-order valence-electron chi connectivity index (χ0n) is 10.1.